The number of methoxy groups -OCH3 is 1. The molecule has 0 fully saturated rings. The lowest BCUT2D eigenvalue weighted by Crippen LogP contribution is -2.00. The van der Waals surface area contributed by atoms with Crippen molar-refractivity contribution in [3.63, 3.8) is 0 Å². The van der Waals surface area contributed by atoms with Crippen LogP contribution in [0.15, 0.2) is 51.5 Å². The number of hydrogen-bond donors (Lipinski definition) is 0. The Bertz CT molecular complexity index is 827. The van der Waals surface area contributed by atoms with Crippen LogP contribution in [0.3, 0.4) is 0 Å². The van der Waals surface area contributed by atoms with Crippen molar-refractivity contribution in [1.82, 2.24) is 4.98 Å². The van der Waals surface area contributed by atoms with Crippen LogP contribution < -0.4 is 0 Å². The Kier molecular flexibility index (Phi) is 4.10. The van der Waals surface area contributed by atoms with Crippen molar-refractivity contribution in [3.05, 3.63) is 65.2 Å². The van der Waals surface area contributed by atoms with Crippen LogP contribution in [0.2, 0.25) is 0 Å². The fourth-order valence-electron chi connectivity index (χ4n) is 2.09. The highest BCUT2D eigenvalue weighted by Crippen LogP contribution is 2.23. The molecule has 0 aliphatic carbocycles. The molecule has 2 heterocycles. The van der Waals surface area contributed by atoms with Gasteiger partial charge in [-0.25, -0.2) is 9.78 Å². The van der Waals surface area contributed by atoms with Crippen LogP contribution >= 0.6 is 0 Å². The highest BCUT2D eigenvalue weighted by Gasteiger charge is 2.11. The lowest BCUT2D eigenvalue weighted by Gasteiger charge is -1.99. The number of hydrogen-bond acceptors (Lipinski definition) is 5. The minimum absolute atomic E-state index is 0.351. The zero-order valence-corrected chi connectivity index (χ0v) is 12.8. The molecule has 23 heavy (non-hydrogen) atoms. The van der Waals surface area contributed by atoms with Gasteiger partial charge < -0.3 is 13.6 Å². The number of ether oxygens (including phenoxy) is 1. The summed E-state index contributed by atoms with van der Waals surface area (Å²) < 4.78 is 15.5. The summed E-state index contributed by atoms with van der Waals surface area (Å²) in [5.41, 5.74) is 2.19. The number of nitrogens with zero attached hydrogens (tertiary/aromatic N) is 1. The predicted molar refractivity (Wildman–Crippen MR) is 85.7 cm³/mol. The summed E-state index contributed by atoms with van der Waals surface area (Å²) in [5, 5.41) is 0. The third-order valence-corrected chi connectivity index (χ3v) is 3.33. The predicted octanol–water partition coefficient (Wildman–Crippen LogP) is 4.20. The molecule has 2 aromatic heterocycles. The average Bonchev–Trinajstić information content (AvgIpc) is 3.22. The van der Waals surface area contributed by atoms with Gasteiger partial charge in [-0.1, -0.05) is 18.2 Å². The second-order valence-corrected chi connectivity index (χ2v) is 4.88. The maximum atomic E-state index is 11.4. The number of aryl methyl sites for hydroxylation is 1. The van der Waals surface area contributed by atoms with Crippen LogP contribution in [0, 0.1) is 6.92 Å². The number of carbonyl (C=O) groups is 1. The van der Waals surface area contributed by atoms with E-state index in [2.05, 4.69) is 9.72 Å². The summed E-state index contributed by atoms with van der Waals surface area (Å²) in [4.78, 5) is 15.8. The Morgan fingerprint density at radius 2 is 1.96 bits per heavy atom. The molecule has 0 unspecified atom stereocenters. The van der Waals surface area contributed by atoms with Gasteiger partial charge in [0, 0.05) is 0 Å². The largest absolute Gasteiger partial charge is 0.465 e. The first-order valence-electron chi connectivity index (χ1n) is 7.05. The standard InChI is InChI=1S/C18H15NO4/c1-12-15(19-17(23-12)16-4-3-11-22-16)10-7-13-5-8-14(9-6-13)18(20)21-2/h3-11H,1-2H3/b10-7+. The van der Waals surface area contributed by atoms with Gasteiger partial charge in [0.2, 0.25) is 0 Å². The Morgan fingerprint density at radius 1 is 1.17 bits per heavy atom. The summed E-state index contributed by atoms with van der Waals surface area (Å²) in [6, 6.07) is 10.7. The van der Waals surface area contributed by atoms with E-state index in [1.54, 1.807) is 30.5 Å². The lowest BCUT2D eigenvalue weighted by molar-refractivity contribution is 0.0600. The van der Waals surface area contributed by atoms with Gasteiger partial charge in [0.05, 0.1) is 18.9 Å². The number of aromatic nitrogens is 1. The fourth-order valence-corrected chi connectivity index (χ4v) is 2.09. The first-order chi connectivity index (χ1) is 11.2. The molecule has 0 radical (unpaired) electrons. The molecule has 3 aromatic rings. The molecule has 0 atom stereocenters. The first-order valence-corrected chi connectivity index (χ1v) is 7.05. The van der Waals surface area contributed by atoms with Gasteiger partial charge in [-0.05, 0) is 42.8 Å². The van der Waals surface area contributed by atoms with Gasteiger partial charge in [0.1, 0.15) is 11.5 Å². The second kappa shape index (κ2) is 6.36. The highest BCUT2D eigenvalue weighted by molar-refractivity contribution is 5.89. The Labute approximate surface area is 133 Å². The molecule has 5 nitrogen and oxygen atoms in total. The van der Waals surface area contributed by atoms with E-state index in [9.17, 15) is 4.79 Å². The number of rotatable bonds is 4. The van der Waals surface area contributed by atoms with Crippen molar-refractivity contribution < 1.29 is 18.4 Å². The summed E-state index contributed by atoms with van der Waals surface area (Å²) in [6.07, 6.45) is 5.34. The number of oxazole rings is 1. The van der Waals surface area contributed by atoms with Crippen molar-refractivity contribution in [2.45, 2.75) is 6.92 Å². The maximum Gasteiger partial charge on any atom is 0.337 e. The molecule has 0 aliphatic rings. The van der Waals surface area contributed by atoms with E-state index in [4.69, 9.17) is 8.83 Å². The Balaban J connectivity index is 1.79. The molecule has 0 spiro atoms. The van der Waals surface area contributed by atoms with Gasteiger partial charge in [-0.2, -0.15) is 0 Å². The lowest BCUT2D eigenvalue weighted by atomic mass is 10.1. The van der Waals surface area contributed by atoms with Crippen LogP contribution in [-0.2, 0) is 4.74 Å². The molecule has 0 saturated carbocycles. The molecular weight excluding hydrogens is 294 g/mol. The van der Waals surface area contributed by atoms with Crippen LogP contribution in [0.25, 0.3) is 23.8 Å². The zero-order chi connectivity index (χ0) is 16.2. The third kappa shape index (κ3) is 3.23. The second-order valence-electron chi connectivity index (χ2n) is 4.88. The van der Waals surface area contributed by atoms with E-state index in [-0.39, 0.29) is 5.97 Å². The van der Waals surface area contributed by atoms with Crippen molar-refractivity contribution in [1.29, 1.82) is 0 Å². The van der Waals surface area contributed by atoms with Crippen LogP contribution in [0.4, 0.5) is 0 Å². The van der Waals surface area contributed by atoms with Crippen LogP contribution in [0.1, 0.15) is 27.4 Å². The van der Waals surface area contributed by atoms with Crippen molar-refractivity contribution in [3.8, 4) is 11.7 Å². The van der Waals surface area contributed by atoms with Crippen molar-refractivity contribution in [2.24, 2.45) is 0 Å². The average molecular weight is 309 g/mol. The number of esters is 1. The molecule has 5 heteroatoms. The van der Waals surface area contributed by atoms with Gasteiger partial charge >= 0.3 is 5.97 Å². The molecule has 1 aromatic carbocycles. The topological polar surface area (TPSA) is 65.5 Å². The minimum Gasteiger partial charge on any atom is -0.465 e. The minimum atomic E-state index is -0.351. The smallest absolute Gasteiger partial charge is 0.337 e. The fraction of sp³-hybridized carbons (Fsp3) is 0.111. The Hall–Kier alpha value is -3.08. The molecule has 0 amide bonds. The summed E-state index contributed by atoms with van der Waals surface area (Å²) in [6.45, 7) is 1.85. The summed E-state index contributed by atoms with van der Waals surface area (Å²) in [5.74, 6) is 1.40. The Morgan fingerprint density at radius 3 is 2.61 bits per heavy atom. The van der Waals surface area contributed by atoms with Crippen LogP contribution in [0.5, 0.6) is 0 Å². The van der Waals surface area contributed by atoms with Crippen molar-refractivity contribution >= 4 is 18.1 Å². The molecule has 3 rings (SSSR count). The SMILES string of the molecule is COC(=O)c1ccc(/C=C/c2nc(-c3ccco3)oc2C)cc1. The number of furan rings is 1. The van der Waals surface area contributed by atoms with Crippen LogP contribution in [-0.4, -0.2) is 18.1 Å². The molecule has 116 valence electrons. The monoisotopic (exact) mass is 309 g/mol. The van der Waals surface area contributed by atoms with Gasteiger partial charge in [0.25, 0.3) is 5.89 Å². The first kappa shape index (κ1) is 14.8. The molecular formula is C18H15NO4. The number of benzene rings is 1. The third-order valence-electron chi connectivity index (χ3n) is 3.33. The van der Waals surface area contributed by atoms with E-state index in [0.717, 1.165) is 11.3 Å². The number of carbonyl (C=O) groups excluding carboxylic acids is 1. The summed E-state index contributed by atoms with van der Waals surface area (Å²) in [7, 11) is 1.36. The van der Waals surface area contributed by atoms with Crippen molar-refractivity contribution in [2.75, 3.05) is 7.11 Å². The summed E-state index contributed by atoms with van der Waals surface area (Å²) >= 11 is 0. The van der Waals surface area contributed by atoms with E-state index in [1.807, 2.05) is 31.2 Å². The normalized spacial score (nSPS) is 11.0. The van der Waals surface area contributed by atoms with E-state index < -0.39 is 0 Å². The quantitative estimate of drug-likeness (QED) is 0.676. The van der Waals surface area contributed by atoms with E-state index in [1.165, 1.54) is 7.11 Å². The van der Waals surface area contributed by atoms with E-state index in [0.29, 0.717) is 23.0 Å². The molecule has 0 aliphatic heterocycles. The molecule has 0 bridgehead atoms. The molecule has 0 N–H and O–H groups in total. The maximum absolute atomic E-state index is 11.4. The zero-order valence-electron chi connectivity index (χ0n) is 12.8. The highest BCUT2D eigenvalue weighted by atomic mass is 16.5. The van der Waals surface area contributed by atoms with Gasteiger partial charge in [-0.3, -0.25) is 0 Å². The van der Waals surface area contributed by atoms with Gasteiger partial charge in [-0.15, -0.1) is 0 Å². The van der Waals surface area contributed by atoms with Gasteiger partial charge in [0.15, 0.2) is 5.76 Å². The molecule has 0 saturated heterocycles. The van der Waals surface area contributed by atoms with E-state index >= 15 is 0 Å².